The molecule has 0 bridgehead atoms. The van der Waals surface area contributed by atoms with Crippen molar-refractivity contribution in [2.45, 2.75) is 24.9 Å². The van der Waals surface area contributed by atoms with Crippen LogP contribution in [-0.4, -0.2) is 44.1 Å². The lowest BCUT2D eigenvalue weighted by atomic mass is 9.85. The number of halogens is 7. The Morgan fingerprint density at radius 2 is 1.84 bits per heavy atom. The molecule has 1 heterocycles. The van der Waals surface area contributed by atoms with Gasteiger partial charge in [-0.2, -0.15) is 22.0 Å². The molecule has 1 atom stereocenters. The standard InChI is InChI=1S/C9H11F7N2O/c10-5(11)8(12,13)4-18-6(19)7(9(14,15)16)1-2-17-3-7/h5,17H,1-4H2,(H,18,19). The van der Waals surface area contributed by atoms with E-state index in [4.69, 9.17) is 0 Å². The Hall–Kier alpha value is -1.06. The molecule has 2 N–H and O–H groups in total. The molecule has 19 heavy (non-hydrogen) atoms. The van der Waals surface area contributed by atoms with Crippen LogP contribution in [-0.2, 0) is 4.79 Å². The second-order valence-corrected chi connectivity index (χ2v) is 4.25. The summed E-state index contributed by atoms with van der Waals surface area (Å²) in [6.07, 6.45) is -9.63. The van der Waals surface area contributed by atoms with Crippen molar-refractivity contribution >= 4 is 5.91 Å². The third-order valence-corrected chi connectivity index (χ3v) is 2.94. The maximum Gasteiger partial charge on any atom is 0.404 e. The van der Waals surface area contributed by atoms with E-state index in [0.717, 1.165) is 0 Å². The zero-order chi connectivity index (χ0) is 14.9. The molecular weight excluding hydrogens is 285 g/mol. The Labute approximate surface area is 103 Å². The van der Waals surface area contributed by atoms with Gasteiger partial charge in [-0.1, -0.05) is 0 Å². The van der Waals surface area contributed by atoms with Crippen LogP contribution in [0.2, 0.25) is 0 Å². The first-order valence-electron chi connectivity index (χ1n) is 5.25. The lowest BCUT2D eigenvalue weighted by molar-refractivity contribution is -0.217. The Bertz CT molecular complexity index is 336. The molecule has 0 aromatic rings. The quantitative estimate of drug-likeness (QED) is 0.773. The zero-order valence-corrected chi connectivity index (χ0v) is 9.46. The Morgan fingerprint density at radius 3 is 2.21 bits per heavy atom. The summed E-state index contributed by atoms with van der Waals surface area (Å²) in [5, 5.41) is 3.57. The Kier molecular flexibility index (Phi) is 4.33. The van der Waals surface area contributed by atoms with Gasteiger partial charge in [0.25, 0.3) is 0 Å². The van der Waals surface area contributed by atoms with Crippen molar-refractivity contribution in [2.24, 2.45) is 5.41 Å². The first kappa shape index (κ1) is 16.0. The van der Waals surface area contributed by atoms with Gasteiger partial charge in [0.05, 0.1) is 6.54 Å². The minimum absolute atomic E-state index is 0.113. The van der Waals surface area contributed by atoms with Crippen LogP contribution >= 0.6 is 0 Å². The van der Waals surface area contributed by atoms with E-state index < -0.39 is 49.4 Å². The summed E-state index contributed by atoms with van der Waals surface area (Å²) in [5.74, 6) is -6.28. The van der Waals surface area contributed by atoms with E-state index in [2.05, 4.69) is 5.32 Å². The van der Waals surface area contributed by atoms with E-state index in [-0.39, 0.29) is 6.54 Å². The predicted octanol–water partition coefficient (Wildman–Crippen LogP) is 1.54. The van der Waals surface area contributed by atoms with Crippen LogP contribution in [0.15, 0.2) is 0 Å². The number of hydrogen-bond donors (Lipinski definition) is 2. The van der Waals surface area contributed by atoms with E-state index in [1.807, 2.05) is 0 Å². The van der Waals surface area contributed by atoms with Gasteiger partial charge in [-0.15, -0.1) is 0 Å². The highest BCUT2D eigenvalue weighted by atomic mass is 19.4. The van der Waals surface area contributed by atoms with Gasteiger partial charge in [-0.05, 0) is 13.0 Å². The number of carbonyl (C=O) groups excluding carboxylic acids is 1. The van der Waals surface area contributed by atoms with Gasteiger partial charge < -0.3 is 10.6 Å². The molecule has 10 heteroatoms. The highest BCUT2D eigenvalue weighted by Gasteiger charge is 2.61. The zero-order valence-electron chi connectivity index (χ0n) is 9.46. The normalized spacial score (nSPS) is 24.8. The molecular formula is C9H11F7N2O. The van der Waals surface area contributed by atoms with Crippen molar-refractivity contribution < 1.29 is 35.5 Å². The van der Waals surface area contributed by atoms with Gasteiger partial charge in [0, 0.05) is 6.54 Å². The van der Waals surface area contributed by atoms with Crippen LogP contribution in [0.3, 0.4) is 0 Å². The molecule has 0 aromatic carbocycles. The van der Waals surface area contributed by atoms with E-state index in [1.165, 1.54) is 5.32 Å². The second-order valence-electron chi connectivity index (χ2n) is 4.25. The van der Waals surface area contributed by atoms with Crippen LogP contribution in [0.4, 0.5) is 30.7 Å². The summed E-state index contributed by atoms with van der Waals surface area (Å²) in [7, 11) is 0. The minimum atomic E-state index is -4.94. The summed E-state index contributed by atoms with van der Waals surface area (Å²) in [5.41, 5.74) is -2.84. The van der Waals surface area contributed by atoms with Crippen molar-refractivity contribution in [3.05, 3.63) is 0 Å². The number of carbonyl (C=O) groups is 1. The van der Waals surface area contributed by atoms with E-state index in [9.17, 15) is 35.5 Å². The fraction of sp³-hybridized carbons (Fsp3) is 0.889. The molecule has 1 saturated heterocycles. The number of amides is 1. The lowest BCUT2D eigenvalue weighted by Crippen LogP contribution is -2.54. The van der Waals surface area contributed by atoms with Crippen LogP contribution in [0.1, 0.15) is 6.42 Å². The van der Waals surface area contributed by atoms with E-state index in [1.54, 1.807) is 0 Å². The van der Waals surface area contributed by atoms with Crippen molar-refractivity contribution in [2.75, 3.05) is 19.6 Å². The van der Waals surface area contributed by atoms with Crippen molar-refractivity contribution in [3.63, 3.8) is 0 Å². The average Bonchev–Trinajstić information content (AvgIpc) is 2.75. The maximum atomic E-state index is 12.8. The highest BCUT2D eigenvalue weighted by molar-refractivity contribution is 5.84. The smallest absolute Gasteiger partial charge is 0.349 e. The number of rotatable bonds is 4. The van der Waals surface area contributed by atoms with Gasteiger partial charge >= 0.3 is 18.5 Å². The molecule has 1 fully saturated rings. The van der Waals surface area contributed by atoms with Crippen molar-refractivity contribution in [1.82, 2.24) is 10.6 Å². The summed E-state index contributed by atoms with van der Waals surface area (Å²) in [6.45, 7) is -2.71. The van der Waals surface area contributed by atoms with Gasteiger partial charge in [-0.25, -0.2) is 8.78 Å². The van der Waals surface area contributed by atoms with Crippen LogP contribution in [0.5, 0.6) is 0 Å². The molecule has 0 aromatic heterocycles. The molecule has 1 rings (SSSR count). The molecule has 3 nitrogen and oxygen atoms in total. The topological polar surface area (TPSA) is 41.1 Å². The maximum absolute atomic E-state index is 12.8. The highest BCUT2D eigenvalue weighted by Crippen LogP contribution is 2.43. The van der Waals surface area contributed by atoms with Crippen molar-refractivity contribution in [1.29, 1.82) is 0 Å². The SMILES string of the molecule is O=C(NCC(F)(F)C(F)F)C1(C(F)(F)F)CCNC1. The molecule has 0 spiro atoms. The second kappa shape index (κ2) is 5.14. The molecule has 1 amide bonds. The molecule has 0 saturated carbocycles. The fourth-order valence-electron chi connectivity index (χ4n) is 1.70. The number of alkyl halides is 7. The Balaban J connectivity index is 2.76. The first-order valence-corrected chi connectivity index (χ1v) is 5.25. The van der Waals surface area contributed by atoms with Gasteiger partial charge in [0.2, 0.25) is 5.91 Å². The lowest BCUT2D eigenvalue weighted by Gasteiger charge is -2.30. The number of nitrogens with one attached hydrogen (secondary N) is 2. The van der Waals surface area contributed by atoms with Crippen LogP contribution < -0.4 is 10.6 Å². The average molecular weight is 296 g/mol. The van der Waals surface area contributed by atoms with Crippen molar-refractivity contribution in [3.8, 4) is 0 Å². The molecule has 0 radical (unpaired) electrons. The minimum Gasteiger partial charge on any atom is -0.349 e. The molecule has 1 unspecified atom stereocenters. The van der Waals surface area contributed by atoms with Gasteiger partial charge in [0.15, 0.2) is 5.41 Å². The third-order valence-electron chi connectivity index (χ3n) is 2.94. The summed E-state index contributed by atoms with van der Waals surface area (Å²) in [4.78, 5) is 11.4. The van der Waals surface area contributed by atoms with Crippen LogP contribution in [0, 0.1) is 5.41 Å². The van der Waals surface area contributed by atoms with Gasteiger partial charge in [0.1, 0.15) is 0 Å². The molecule has 112 valence electrons. The van der Waals surface area contributed by atoms with Gasteiger partial charge in [-0.3, -0.25) is 4.79 Å². The summed E-state index contributed by atoms with van der Waals surface area (Å²) in [6, 6.07) is 0. The summed E-state index contributed by atoms with van der Waals surface area (Å²) < 4.78 is 87.2. The molecule has 1 aliphatic rings. The third kappa shape index (κ3) is 3.10. The predicted molar refractivity (Wildman–Crippen MR) is 49.9 cm³/mol. The van der Waals surface area contributed by atoms with E-state index in [0.29, 0.717) is 0 Å². The fourth-order valence-corrected chi connectivity index (χ4v) is 1.70. The van der Waals surface area contributed by atoms with E-state index >= 15 is 0 Å². The molecule has 0 aliphatic carbocycles. The van der Waals surface area contributed by atoms with Crippen LogP contribution in [0.25, 0.3) is 0 Å². The number of hydrogen-bond acceptors (Lipinski definition) is 2. The summed E-state index contributed by atoms with van der Waals surface area (Å²) >= 11 is 0. The molecule has 1 aliphatic heterocycles. The monoisotopic (exact) mass is 296 g/mol. The first-order chi connectivity index (χ1) is 8.53. The largest absolute Gasteiger partial charge is 0.404 e. The Morgan fingerprint density at radius 1 is 1.26 bits per heavy atom.